The molecule has 0 bridgehead atoms. The molecular formula is C19H18N6O3. The molecule has 0 spiro atoms. The number of hydrogen-bond acceptors (Lipinski definition) is 6. The highest BCUT2D eigenvalue weighted by Gasteiger charge is 2.13. The number of carbonyl (C=O) groups is 1. The monoisotopic (exact) mass is 378 g/mol. The Morgan fingerprint density at radius 1 is 1.11 bits per heavy atom. The number of nitrogens with two attached hydrogens (primary N) is 1. The Labute approximate surface area is 160 Å². The smallest absolute Gasteiger partial charge is 0.248 e. The van der Waals surface area contributed by atoms with Crippen LogP contribution >= 0.6 is 0 Å². The molecule has 0 saturated carbocycles. The van der Waals surface area contributed by atoms with Crippen molar-refractivity contribution >= 4 is 16.8 Å². The van der Waals surface area contributed by atoms with Gasteiger partial charge in [0.1, 0.15) is 36.3 Å². The molecule has 0 aliphatic rings. The molecule has 0 atom stereocenters. The molecule has 0 radical (unpaired) electrons. The minimum absolute atomic E-state index is 0.365. The Kier molecular flexibility index (Phi) is 4.63. The highest BCUT2D eigenvalue weighted by atomic mass is 16.5. The number of rotatable bonds is 7. The normalized spacial score (nSPS) is 10.9. The van der Waals surface area contributed by atoms with Crippen molar-refractivity contribution in [1.82, 2.24) is 24.5 Å². The van der Waals surface area contributed by atoms with E-state index in [2.05, 4.69) is 15.3 Å². The SMILES string of the molecule is Cn1ncc2cc(C(N)=O)cc(Oc3ccc(OCCn4cnnc4)cc3)c21. The molecule has 28 heavy (non-hydrogen) atoms. The topological polar surface area (TPSA) is 110 Å². The highest BCUT2D eigenvalue weighted by molar-refractivity contribution is 5.99. The number of benzene rings is 2. The van der Waals surface area contributed by atoms with E-state index < -0.39 is 5.91 Å². The van der Waals surface area contributed by atoms with E-state index in [4.69, 9.17) is 15.2 Å². The quantitative estimate of drug-likeness (QED) is 0.527. The number of amides is 1. The van der Waals surface area contributed by atoms with Crippen LogP contribution in [0.4, 0.5) is 0 Å². The van der Waals surface area contributed by atoms with E-state index in [1.54, 1.807) is 47.8 Å². The van der Waals surface area contributed by atoms with Gasteiger partial charge >= 0.3 is 0 Å². The molecule has 2 heterocycles. The van der Waals surface area contributed by atoms with E-state index in [0.29, 0.717) is 30.2 Å². The minimum Gasteiger partial charge on any atom is -0.492 e. The Bertz CT molecular complexity index is 1100. The zero-order valence-corrected chi connectivity index (χ0v) is 15.1. The van der Waals surface area contributed by atoms with Crippen LogP contribution in [0.1, 0.15) is 10.4 Å². The van der Waals surface area contributed by atoms with E-state index >= 15 is 0 Å². The second-order valence-corrected chi connectivity index (χ2v) is 6.17. The van der Waals surface area contributed by atoms with Gasteiger partial charge in [-0.25, -0.2) is 0 Å². The summed E-state index contributed by atoms with van der Waals surface area (Å²) >= 11 is 0. The Balaban J connectivity index is 1.49. The number of hydrogen-bond donors (Lipinski definition) is 1. The summed E-state index contributed by atoms with van der Waals surface area (Å²) in [6, 6.07) is 10.6. The molecule has 2 aromatic heterocycles. The van der Waals surface area contributed by atoms with E-state index in [-0.39, 0.29) is 0 Å². The number of ether oxygens (including phenoxy) is 2. The highest BCUT2D eigenvalue weighted by Crippen LogP contribution is 2.32. The van der Waals surface area contributed by atoms with Crippen molar-refractivity contribution in [2.75, 3.05) is 6.61 Å². The van der Waals surface area contributed by atoms with Gasteiger partial charge in [-0.2, -0.15) is 5.10 Å². The third kappa shape index (κ3) is 3.63. The summed E-state index contributed by atoms with van der Waals surface area (Å²) in [6.07, 6.45) is 4.95. The first-order valence-electron chi connectivity index (χ1n) is 8.59. The maximum atomic E-state index is 11.6. The van der Waals surface area contributed by atoms with Gasteiger partial charge in [-0.3, -0.25) is 9.48 Å². The number of aryl methyl sites for hydroxylation is 1. The maximum absolute atomic E-state index is 11.6. The fourth-order valence-electron chi connectivity index (χ4n) is 2.84. The van der Waals surface area contributed by atoms with Gasteiger partial charge in [0, 0.05) is 18.0 Å². The Morgan fingerprint density at radius 2 is 1.82 bits per heavy atom. The molecule has 9 heteroatoms. The Hall–Kier alpha value is -3.88. The molecule has 0 saturated heterocycles. The largest absolute Gasteiger partial charge is 0.492 e. The number of nitrogens with zero attached hydrogens (tertiary/aromatic N) is 5. The molecule has 0 aliphatic carbocycles. The van der Waals surface area contributed by atoms with Crippen LogP contribution in [-0.4, -0.2) is 37.1 Å². The lowest BCUT2D eigenvalue weighted by Crippen LogP contribution is -2.11. The molecule has 2 N–H and O–H groups in total. The predicted octanol–water partition coefficient (Wildman–Crippen LogP) is 2.13. The number of aromatic nitrogens is 5. The van der Waals surface area contributed by atoms with Crippen molar-refractivity contribution in [2.24, 2.45) is 12.8 Å². The van der Waals surface area contributed by atoms with Gasteiger partial charge in [-0.05, 0) is 36.4 Å². The third-order valence-corrected chi connectivity index (χ3v) is 4.22. The van der Waals surface area contributed by atoms with Crippen molar-refractivity contribution in [2.45, 2.75) is 6.54 Å². The number of primary amides is 1. The predicted molar refractivity (Wildman–Crippen MR) is 101 cm³/mol. The van der Waals surface area contributed by atoms with Gasteiger partial charge in [0.05, 0.1) is 12.7 Å². The lowest BCUT2D eigenvalue weighted by Gasteiger charge is -2.11. The van der Waals surface area contributed by atoms with Crippen LogP contribution in [0.2, 0.25) is 0 Å². The van der Waals surface area contributed by atoms with Gasteiger partial charge in [0.15, 0.2) is 5.75 Å². The van der Waals surface area contributed by atoms with E-state index in [1.807, 2.05) is 23.7 Å². The molecule has 1 amide bonds. The summed E-state index contributed by atoms with van der Waals surface area (Å²) < 4.78 is 15.2. The van der Waals surface area contributed by atoms with Gasteiger partial charge in [-0.15, -0.1) is 10.2 Å². The minimum atomic E-state index is -0.521. The summed E-state index contributed by atoms with van der Waals surface area (Å²) in [7, 11) is 1.81. The standard InChI is InChI=1S/C19H18N6O3/c1-24-18-14(10-23-24)8-13(19(20)26)9-17(18)28-16-4-2-15(3-5-16)27-7-6-25-11-21-22-12-25/h2-5,8-12H,6-7H2,1H3,(H2,20,26). The summed E-state index contributed by atoms with van der Waals surface area (Å²) in [4.78, 5) is 11.6. The molecule has 0 aliphatic heterocycles. The van der Waals surface area contributed by atoms with Crippen molar-refractivity contribution in [3.8, 4) is 17.2 Å². The van der Waals surface area contributed by atoms with Crippen LogP contribution in [0, 0.1) is 0 Å². The van der Waals surface area contributed by atoms with Crippen molar-refractivity contribution in [3.63, 3.8) is 0 Å². The first kappa shape index (κ1) is 17.5. The average molecular weight is 378 g/mol. The van der Waals surface area contributed by atoms with Crippen LogP contribution in [0.15, 0.2) is 55.2 Å². The summed E-state index contributed by atoms with van der Waals surface area (Å²) in [5.41, 5.74) is 6.57. The molecule has 0 fully saturated rings. The summed E-state index contributed by atoms with van der Waals surface area (Å²) in [6.45, 7) is 1.15. The van der Waals surface area contributed by atoms with Crippen molar-refractivity contribution in [3.05, 3.63) is 60.8 Å². The summed E-state index contributed by atoms with van der Waals surface area (Å²) in [5.74, 6) is 1.31. The van der Waals surface area contributed by atoms with Crippen molar-refractivity contribution in [1.29, 1.82) is 0 Å². The zero-order valence-electron chi connectivity index (χ0n) is 15.1. The van der Waals surface area contributed by atoms with Crippen LogP contribution < -0.4 is 15.2 Å². The fourth-order valence-corrected chi connectivity index (χ4v) is 2.84. The first-order valence-corrected chi connectivity index (χ1v) is 8.59. The lowest BCUT2D eigenvalue weighted by atomic mass is 10.1. The fraction of sp³-hybridized carbons (Fsp3) is 0.158. The maximum Gasteiger partial charge on any atom is 0.248 e. The number of carbonyl (C=O) groups excluding carboxylic acids is 1. The first-order chi connectivity index (χ1) is 13.6. The van der Waals surface area contributed by atoms with Gasteiger partial charge < -0.3 is 19.8 Å². The molecule has 0 unspecified atom stereocenters. The second kappa shape index (κ2) is 7.39. The molecule has 2 aromatic carbocycles. The van der Waals surface area contributed by atoms with Gasteiger partial charge in [0.2, 0.25) is 5.91 Å². The van der Waals surface area contributed by atoms with E-state index in [0.717, 1.165) is 16.7 Å². The molecule has 4 aromatic rings. The molecule has 4 rings (SSSR count). The Morgan fingerprint density at radius 3 is 2.54 bits per heavy atom. The van der Waals surface area contributed by atoms with E-state index in [1.165, 1.54) is 0 Å². The average Bonchev–Trinajstić information content (AvgIpc) is 3.33. The van der Waals surface area contributed by atoms with E-state index in [9.17, 15) is 4.79 Å². The van der Waals surface area contributed by atoms with Crippen LogP contribution in [-0.2, 0) is 13.6 Å². The third-order valence-electron chi connectivity index (χ3n) is 4.22. The van der Waals surface area contributed by atoms with Crippen LogP contribution in [0.3, 0.4) is 0 Å². The second-order valence-electron chi connectivity index (χ2n) is 6.17. The van der Waals surface area contributed by atoms with Crippen molar-refractivity contribution < 1.29 is 14.3 Å². The van der Waals surface area contributed by atoms with Crippen LogP contribution in [0.25, 0.3) is 10.9 Å². The summed E-state index contributed by atoms with van der Waals surface area (Å²) in [5, 5.41) is 12.5. The molecular weight excluding hydrogens is 360 g/mol. The van der Waals surface area contributed by atoms with Gasteiger partial charge in [-0.1, -0.05) is 0 Å². The molecule has 9 nitrogen and oxygen atoms in total. The lowest BCUT2D eigenvalue weighted by molar-refractivity contribution is 0.1000. The van der Waals surface area contributed by atoms with Gasteiger partial charge in [0.25, 0.3) is 0 Å². The number of fused-ring (bicyclic) bond motifs is 1. The molecule has 142 valence electrons. The zero-order chi connectivity index (χ0) is 19.5. The van der Waals surface area contributed by atoms with Crippen LogP contribution in [0.5, 0.6) is 17.2 Å².